The number of rotatable bonds is 4. The van der Waals surface area contributed by atoms with Crippen molar-refractivity contribution in [1.29, 1.82) is 0 Å². The van der Waals surface area contributed by atoms with E-state index in [4.69, 9.17) is 0 Å². The lowest BCUT2D eigenvalue weighted by Crippen LogP contribution is -2.57. The molecule has 1 saturated carbocycles. The Morgan fingerprint density at radius 1 is 1.03 bits per heavy atom. The van der Waals surface area contributed by atoms with Gasteiger partial charge in [0, 0.05) is 11.9 Å². The topological polar surface area (TPSA) is 32.3 Å². The summed E-state index contributed by atoms with van der Waals surface area (Å²) >= 11 is 1.70. The zero-order chi connectivity index (χ0) is 20.9. The van der Waals surface area contributed by atoms with Crippen molar-refractivity contribution < 1.29 is 4.79 Å². The molecule has 1 saturated heterocycles. The molecule has 0 bridgehead atoms. The minimum Gasteiger partial charge on any atom is -0.361 e. The van der Waals surface area contributed by atoms with E-state index in [0.29, 0.717) is 11.7 Å². The molecule has 2 aromatic carbocycles. The Bertz CT molecular complexity index is 1100. The standard InChI is InChI=1S/C26H26N2OS/c1-17-27-26(2,23-15-22(16-30-23)18-7-5-4-6-8-18)24(25(29)28(17)3)21-13-11-20(12-14-21)19-9-10-19/h4-8,11-16,19,24,27H,1,9-10H2,2-3H3. The Morgan fingerprint density at radius 2 is 1.70 bits per heavy atom. The van der Waals surface area contributed by atoms with Crippen LogP contribution in [-0.4, -0.2) is 17.9 Å². The summed E-state index contributed by atoms with van der Waals surface area (Å²) in [5, 5.41) is 5.75. The lowest BCUT2D eigenvalue weighted by Gasteiger charge is -2.46. The van der Waals surface area contributed by atoms with Gasteiger partial charge in [-0.3, -0.25) is 4.79 Å². The summed E-state index contributed by atoms with van der Waals surface area (Å²) in [6, 6.07) is 21.3. The van der Waals surface area contributed by atoms with E-state index in [0.717, 1.165) is 10.4 Å². The van der Waals surface area contributed by atoms with Gasteiger partial charge in [-0.05, 0) is 59.4 Å². The number of benzene rings is 2. The maximum atomic E-state index is 13.5. The van der Waals surface area contributed by atoms with E-state index in [2.05, 4.69) is 78.8 Å². The van der Waals surface area contributed by atoms with Crippen molar-refractivity contribution >= 4 is 17.2 Å². The summed E-state index contributed by atoms with van der Waals surface area (Å²) in [7, 11) is 1.80. The van der Waals surface area contributed by atoms with Crippen molar-refractivity contribution in [3.05, 3.63) is 94.4 Å². The smallest absolute Gasteiger partial charge is 0.238 e. The van der Waals surface area contributed by atoms with Gasteiger partial charge < -0.3 is 10.2 Å². The van der Waals surface area contributed by atoms with Crippen LogP contribution < -0.4 is 5.32 Å². The molecule has 1 N–H and O–H groups in total. The van der Waals surface area contributed by atoms with E-state index in [1.807, 2.05) is 6.07 Å². The summed E-state index contributed by atoms with van der Waals surface area (Å²) in [4.78, 5) is 16.2. The summed E-state index contributed by atoms with van der Waals surface area (Å²) < 4.78 is 0. The van der Waals surface area contributed by atoms with E-state index in [1.165, 1.54) is 29.5 Å². The summed E-state index contributed by atoms with van der Waals surface area (Å²) in [5.41, 5.74) is 4.25. The first-order chi connectivity index (χ1) is 14.5. The van der Waals surface area contributed by atoms with E-state index in [9.17, 15) is 4.79 Å². The first-order valence-electron chi connectivity index (χ1n) is 10.5. The van der Waals surface area contributed by atoms with Gasteiger partial charge in [0.2, 0.25) is 5.91 Å². The fourth-order valence-corrected chi connectivity index (χ4v) is 5.54. The van der Waals surface area contributed by atoms with Crippen molar-refractivity contribution in [3.63, 3.8) is 0 Å². The molecular formula is C26H26N2OS. The van der Waals surface area contributed by atoms with Crippen LogP contribution in [0.25, 0.3) is 11.1 Å². The van der Waals surface area contributed by atoms with E-state index >= 15 is 0 Å². The van der Waals surface area contributed by atoms with Crippen LogP contribution in [0.5, 0.6) is 0 Å². The molecule has 3 aromatic rings. The van der Waals surface area contributed by atoms with Gasteiger partial charge in [-0.15, -0.1) is 11.3 Å². The van der Waals surface area contributed by atoms with Crippen molar-refractivity contribution in [3.8, 4) is 11.1 Å². The zero-order valence-electron chi connectivity index (χ0n) is 17.4. The molecule has 2 aliphatic rings. The third kappa shape index (κ3) is 3.16. The highest BCUT2D eigenvalue weighted by Gasteiger charge is 2.48. The second-order valence-corrected chi connectivity index (χ2v) is 9.52. The van der Waals surface area contributed by atoms with Gasteiger partial charge in [-0.1, -0.05) is 61.2 Å². The maximum Gasteiger partial charge on any atom is 0.238 e. The number of nitrogens with one attached hydrogen (secondary N) is 1. The molecule has 2 unspecified atom stereocenters. The summed E-state index contributed by atoms with van der Waals surface area (Å²) in [5.74, 6) is 1.11. The first-order valence-corrected chi connectivity index (χ1v) is 11.3. The predicted molar refractivity (Wildman–Crippen MR) is 123 cm³/mol. The van der Waals surface area contributed by atoms with Crippen molar-refractivity contribution in [2.24, 2.45) is 0 Å². The van der Waals surface area contributed by atoms with Crippen molar-refractivity contribution in [2.75, 3.05) is 7.05 Å². The Labute approximate surface area is 182 Å². The highest BCUT2D eigenvalue weighted by molar-refractivity contribution is 7.10. The van der Waals surface area contributed by atoms with Crippen molar-refractivity contribution in [2.45, 2.75) is 37.1 Å². The number of thiophene rings is 1. The van der Waals surface area contributed by atoms with Gasteiger partial charge in [0.25, 0.3) is 0 Å². The predicted octanol–water partition coefficient (Wildman–Crippen LogP) is 5.82. The zero-order valence-corrected chi connectivity index (χ0v) is 18.2. The van der Waals surface area contributed by atoms with Crippen LogP contribution in [0.3, 0.4) is 0 Å². The number of carbonyl (C=O) groups is 1. The number of hydrogen-bond donors (Lipinski definition) is 1. The molecule has 3 nitrogen and oxygen atoms in total. The van der Waals surface area contributed by atoms with Crippen molar-refractivity contribution in [1.82, 2.24) is 10.2 Å². The number of likely N-dealkylation sites (N-methyl/N-ethyl adjacent to an activating group) is 1. The molecule has 1 amide bonds. The molecule has 30 heavy (non-hydrogen) atoms. The molecule has 0 spiro atoms. The van der Waals surface area contributed by atoms with Gasteiger partial charge in [0.15, 0.2) is 0 Å². The molecule has 152 valence electrons. The van der Waals surface area contributed by atoms with Gasteiger partial charge in [-0.25, -0.2) is 0 Å². The van der Waals surface area contributed by atoms with E-state index in [-0.39, 0.29) is 11.8 Å². The molecule has 1 aliphatic carbocycles. The largest absolute Gasteiger partial charge is 0.361 e. The summed E-state index contributed by atoms with van der Waals surface area (Å²) in [6.07, 6.45) is 2.56. The van der Waals surface area contributed by atoms with Gasteiger partial charge in [0.1, 0.15) is 5.82 Å². The Kier molecular flexibility index (Phi) is 4.55. The number of nitrogens with zero attached hydrogens (tertiary/aromatic N) is 1. The lowest BCUT2D eigenvalue weighted by atomic mass is 9.76. The minimum absolute atomic E-state index is 0.0788. The molecule has 0 radical (unpaired) electrons. The van der Waals surface area contributed by atoms with E-state index in [1.54, 1.807) is 23.3 Å². The van der Waals surface area contributed by atoms with Crippen LogP contribution in [0, 0.1) is 0 Å². The molecule has 5 rings (SSSR count). The molecule has 2 fully saturated rings. The first kappa shape index (κ1) is 19.1. The van der Waals surface area contributed by atoms with Crippen LogP contribution in [-0.2, 0) is 10.3 Å². The SMILES string of the molecule is C=C1NC(C)(c2cc(-c3ccccc3)cs2)C(c2ccc(C3CC3)cc2)C(=O)N1C. The minimum atomic E-state index is -0.556. The van der Waals surface area contributed by atoms with Gasteiger partial charge >= 0.3 is 0 Å². The molecule has 2 atom stereocenters. The number of carbonyl (C=O) groups excluding carboxylic acids is 1. The Morgan fingerprint density at radius 3 is 2.37 bits per heavy atom. The second-order valence-electron chi connectivity index (χ2n) is 8.61. The third-order valence-electron chi connectivity index (χ3n) is 6.50. The average molecular weight is 415 g/mol. The Balaban J connectivity index is 1.57. The van der Waals surface area contributed by atoms with E-state index < -0.39 is 5.54 Å². The van der Waals surface area contributed by atoms with Crippen LogP contribution in [0.15, 0.2) is 78.4 Å². The average Bonchev–Trinajstić information content (AvgIpc) is 3.48. The molecular weight excluding hydrogens is 388 g/mol. The van der Waals surface area contributed by atoms with Crippen LogP contribution in [0.4, 0.5) is 0 Å². The van der Waals surface area contributed by atoms with Crippen LogP contribution in [0.2, 0.25) is 0 Å². The number of amides is 1. The molecule has 1 aromatic heterocycles. The normalized spacial score (nSPS) is 24.1. The Hall–Kier alpha value is -2.85. The molecule has 4 heteroatoms. The fraction of sp³-hybridized carbons (Fsp3) is 0.269. The fourth-order valence-electron chi connectivity index (χ4n) is 4.48. The molecule has 2 heterocycles. The van der Waals surface area contributed by atoms with Gasteiger partial charge in [0.05, 0.1) is 11.5 Å². The number of hydrogen-bond acceptors (Lipinski definition) is 3. The maximum absolute atomic E-state index is 13.5. The van der Waals surface area contributed by atoms with Crippen LogP contribution in [0.1, 0.15) is 47.6 Å². The second kappa shape index (κ2) is 7.13. The quantitative estimate of drug-likeness (QED) is 0.583. The highest BCUT2D eigenvalue weighted by Crippen LogP contribution is 2.46. The van der Waals surface area contributed by atoms with Crippen LogP contribution >= 0.6 is 11.3 Å². The summed E-state index contributed by atoms with van der Waals surface area (Å²) in [6.45, 7) is 6.23. The lowest BCUT2D eigenvalue weighted by molar-refractivity contribution is -0.134. The third-order valence-corrected chi connectivity index (χ3v) is 7.67. The van der Waals surface area contributed by atoms with Gasteiger partial charge in [-0.2, -0.15) is 0 Å². The highest BCUT2D eigenvalue weighted by atomic mass is 32.1. The molecule has 1 aliphatic heterocycles. The monoisotopic (exact) mass is 414 g/mol.